The minimum atomic E-state index is -0.922. The highest BCUT2D eigenvalue weighted by Gasteiger charge is 2.33. The van der Waals surface area contributed by atoms with Crippen LogP contribution < -0.4 is 0 Å². The number of Topliss-reactive ketones (excluding diaryl/α,β-unsaturated/α-hetero) is 1. The van der Waals surface area contributed by atoms with Crippen molar-refractivity contribution in [3.8, 4) is 0 Å². The molecule has 0 amide bonds. The van der Waals surface area contributed by atoms with Crippen LogP contribution in [0.25, 0.3) is 0 Å². The van der Waals surface area contributed by atoms with Crippen molar-refractivity contribution in [1.82, 2.24) is 0 Å². The Morgan fingerprint density at radius 3 is 2.87 bits per heavy atom. The number of carboxylic acid groups (broad SMARTS) is 1. The molecule has 1 fully saturated rings. The van der Waals surface area contributed by atoms with Crippen LogP contribution in [-0.4, -0.2) is 16.9 Å². The van der Waals surface area contributed by atoms with Crippen molar-refractivity contribution in [2.75, 3.05) is 0 Å². The summed E-state index contributed by atoms with van der Waals surface area (Å²) in [7, 11) is 0. The van der Waals surface area contributed by atoms with E-state index in [-0.39, 0.29) is 5.41 Å². The Kier molecular flexibility index (Phi) is 3.66. The molecule has 1 rings (SSSR count). The SMILES string of the molecule is CC1CC(=O)CC(C)(C/C=C/C(=O)O)C1. The lowest BCUT2D eigenvalue weighted by molar-refractivity contribution is -0.131. The molecule has 84 valence electrons. The summed E-state index contributed by atoms with van der Waals surface area (Å²) in [5.41, 5.74) is -0.0410. The van der Waals surface area contributed by atoms with Crippen molar-refractivity contribution in [2.45, 2.75) is 39.5 Å². The van der Waals surface area contributed by atoms with Crippen LogP contribution in [0.3, 0.4) is 0 Å². The fourth-order valence-electron chi connectivity index (χ4n) is 2.52. The fraction of sp³-hybridized carbons (Fsp3) is 0.667. The van der Waals surface area contributed by atoms with Crippen molar-refractivity contribution in [1.29, 1.82) is 0 Å². The van der Waals surface area contributed by atoms with Gasteiger partial charge in [0.15, 0.2) is 0 Å². The van der Waals surface area contributed by atoms with Gasteiger partial charge in [-0.05, 0) is 24.2 Å². The first kappa shape index (κ1) is 12.0. The number of carbonyl (C=O) groups is 2. The Morgan fingerprint density at radius 1 is 1.67 bits per heavy atom. The molecule has 0 spiro atoms. The third-order valence-corrected chi connectivity index (χ3v) is 2.91. The highest BCUT2D eigenvalue weighted by atomic mass is 16.4. The number of aliphatic carboxylic acids is 1. The van der Waals surface area contributed by atoms with Crippen LogP contribution >= 0.6 is 0 Å². The summed E-state index contributed by atoms with van der Waals surface area (Å²) in [5.74, 6) is -0.191. The van der Waals surface area contributed by atoms with Crippen molar-refractivity contribution >= 4 is 11.8 Å². The van der Waals surface area contributed by atoms with Gasteiger partial charge in [0, 0.05) is 18.9 Å². The van der Waals surface area contributed by atoms with Gasteiger partial charge in [0.1, 0.15) is 5.78 Å². The Hall–Kier alpha value is -1.12. The van der Waals surface area contributed by atoms with Gasteiger partial charge in [-0.15, -0.1) is 0 Å². The summed E-state index contributed by atoms with van der Waals surface area (Å²) < 4.78 is 0. The van der Waals surface area contributed by atoms with E-state index in [4.69, 9.17) is 5.11 Å². The lowest BCUT2D eigenvalue weighted by atomic mass is 9.69. The second-order valence-electron chi connectivity index (χ2n) is 4.98. The van der Waals surface area contributed by atoms with E-state index in [1.165, 1.54) is 0 Å². The van der Waals surface area contributed by atoms with Gasteiger partial charge in [0.05, 0.1) is 0 Å². The van der Waals surface area contributed by atoms with Gasteiger partial charge >= 0.3 is 5.97 Å². The van der Waals surface area contributed by atoms with Crippen LogP contribution in [0.1, 0.15) is 39.5 Å². The summed E-state index contributed by atoms with van der Waals surface area (Å²) in [5, 5.41) is 8.48. The number of carbonyl (C=O) groups excluding carboxylic acids is 1. The number of ketones is 1. The van der Waals surface area contributed by atoms with E-state index < -0.39 is 5.97 Å². The van der Waals surface area contributed by atoms with Gasteiger partial charge in [-0.2, -0.15) is 0 Å². The molecule has 0 bridgehead atoms. The predicted octanol–water partition coefficient (Wildman–Crippen LogP) is 2.41. The van der Waals surface area contributed by atoms with Gasteiger partial charge in [-0.25, -0.2) is 4.79 Å². The molecule has 1 N–H and O–H groups in total. The molecule has 0 aromatic rings. The molecule has 1 aliphatic carbocycles. The first-order chi connectivity index (χ1) is 6.91. The standard InChI is InChI=1S/C12H18O3/c1-9-6-10(13)8-12(2,7-9)5-3-4-11(14)15/h3-4,9H,5-8H2,1-2H3,(H,14,15)/b4-3+. The molecule has 0 saturated heterocycles. The van der Waals surface area contributed by atoms with Crippen molar-refractivity contribution in [2.24, 2.45) is 11.3 Å². The van der Waals surface area contributed by atoms with E-state index in [1.807, 2.05) is 0 Å². The maximum absolute atomic E-state index is 11.4. The third-order valence-electron chi connectivity index (χ3n) is 2.91. The molecule has 2 unspecified atom stereocenters. The zero-order valence-electron chi connectivity index (χ0n) is 9.32. The summed E-state index contributed by atoms with van der Waals surface area (Å²) in [6, 6.07) is 0. The number of hydrogen-bond acceptors (Lipinski definition) is 2. The molecule has 3 heteroatoms. The molecule has 0 aliphatic heterocycles. The Morgan fingerprint density at radius 2 is 2.33 bits per heavy atom. The normalized spacial score (nSPS) is 32.1. The van der Waals surface area contributed by atoms with Crippen molar-refractivity contribution in [3.63, 3.8) is 0 Å². The molecule has 0 aromatic carbocycles. The minimum absolute atomic E-state index is 0.0410. The smallest absolute Gasteiger partial charge is 0.327 e. The topological polar surface area (TPSA) is 54.4 Å². The van der Waals surface area contributed by atoms with Crippen LogP contribution in [-0.2, 0) is 9.59 Å². The lowest BCUT2D eigenvalue weighted by Gasteiger charge is -2.35. The van der Waals surface area contributed by atoms with E-state index in [1.54, 1.807) is 6.08 Å². The molecule has 1 saturated carbocycles. The Balaban J connectivity index is 2.57. The maximum Gasteiger partial charge on any atom is 0.327 e. The molecule has 15 heavy (non-hydrogen) atoms. The Labute approximate surface area is 90.2 Å². The third kappa shape index (κ3) is 3.86. The summed E-state index contributed by atoms with van der Waals surface area (Å²) >= 11 is 0. The van der Waals surface area contributed by atoms with E-state index in [0.717, 1.165) is 12.5 Å². The molecule has 1 aliphatic rings. The predicted molar refractivity (Wildman–Crippen MR) is 57.5 cm³/mol. The number of carboxylic acids is 1. The van der Waals surface area contributed by atoms with Crippen LogP contribution in [0.15, 0.2) is 12.2 Å². The molecular formula is C12H18O3. The summed E-state index contributed by atoms with van der Waals surface area (Å²) in [6.45, 7) is 4.14. The second-order valence-corrected chi connectivity index (χ2v) is 4.98. The number of allylic oxidation sites excluding steroid dienone is 1. The van der Waals surface area contributed by atoms with E-state index >= 15 is 0 Å². The van der Waals surface area contributed by atoms with Crippen molar-refractivity contribution < 1.29 is 14.7 Å². The van der Waals surface area contributed by atoms with Gasteiger partial charge in [-0.3, -0.25) is 4.79 Å². The van der Waals surface area contributed by atoms with E-state index in [2.05, 4.69) is 13.8 Å². The zero-order valence-corrected chi connectivity index (χ0v) is 9.32. The molecule has 0 aromatic heterocycles. The monoisotopic (exact) mass is 210 g/mol. The number of hydrogen-bond donors (Lipinski definition) is 1. The van der Waals surface area contributed by atoms with Crippen LogP contribution in [0, 0.1) is 11.3 Å². The maximum atomic E-state index is 11.4. The van der Waals surface area contributed by atoms with E-state index in [9.17, 15) is 9.59 Å². The largest absolute Gasteiger partial charge is 0.478 e. The average Bonchev–Trinajstić information content (AvgIpc) is 1.98. The first-order valence-corrected chi connectivity index (χ1v) is 5.32. The molecule has 0 heterocycles. The van der Waals surface area contributed by atoms with E-state index in [0.29, 0.717) is 31.0 Å². The van der Waals surface area contributed by atoms with Crippen LogP contribution in [0.4, 0.5) is 0 Å². The minimum Gasteiger partial charge on any atom is -0.478 e. The lowest BCUT2D eigenvalue weighted by Crippen LogP contribution is -2.29. The average molecular weight is 210 g/mol. The highest BCUT2D eigenvalue weighted by Crippen LogP contribution is 2.40. The summed E-state index contributed by atoms with van der Waals surface area (Å²) in [6.07, 6.45) is 5.76. The molecule has 3 nitrogen and oxygen atoms in total. The highest BCUT2D eigenvalue weighted by molar-refractivity contribution is 5.80. The molecule has 2 atom stereocenters. The molecular weight excluding hydrogens is 192 g/mol. The van der Waals surface area contributed by atoms with Gasteiger partial charge < -0.3 is 5.11 Å². The van der Waals surface area contributed by atoms with Crippen LogP contribution in [0.5, 0.6) is 0 Å². The van der Waals surface area contributed by atoms with Gasteiger partial charge in [0.2, 0.25) is 0 Å². The zero-order chi connectivity index (χ0) is 11.5. The Bertz CT molecular complexity index is 293. The van der Waals surface area contributed by atoms with Crippen LogP contribution in [0.2, 0.25) is 0 Å². The summed E-state index contributed by atoms with van der Waals surface area (Å²) in [4.78, 5) is 21.8. The fourth-order valence-corrected chi connectivity index (χ4v) is 2.52. The molecule has 0 radical (unpaired) electrons. The second kappa shape index (κ2) is 4.60. The quantitative estimate of drug-likeness (QED) is 0.728. The first-order valence-electron chi connectivity index (χ1n) is 5.32. The van der Waals surface area contributed by atoms with Crippen molar-refractivity contribution in [3.05, 3.63) is 12.2 Å². The van der Waals surface area contributed by atoms with Gasteiger partial charge in [-0.1, -0.05) is 19.9 Å². The number of rotatable bonds is 3. The van der Waals surface area contributed by atoms with Gasteiger partial charge in [0.25, 0.3) is 0 Å².